The van der Waals surface area contributed by atoms with Crippen molar-refractivity contribution < 1.29 is 29.1 Å². The summed E-state index contributed by atoms with van der Waals surface area (Å²) in [7, 11) is 0. The number of carbonyl (C=O) groups is 5. The molecule has 0 aromatic heterocycles. The van der Waals surface area contributed by atoms with Crippen LogP contribution in [0, 0.1) is 0 Å². The van der Waals surface area contributed by atoms with Gasteiger partial charge in [-0.15, -0.1) is 0 Å². The van der Waals surface area contributed by atoms with E-state index in [0.29, 0.717) is 19.4 Å². The van der Waals surface area contributed by atoms with Crippen molar-refractivity contribution in [3.63, 3.8) is 0 Å². The standard InChI is InChI=1S/C16H30N6O6S/c17-6-2-1-3-10(16(27)28)21-13(24)7-20-15(26)11(8-29)22-14(25)9(18)4-5-12(19)23/h9-11,29H,1-8,17-18H2,(H2,19,23)(H,20,26)(H,21,24)(H,22,25)(H,27,28). The molecular formula is C16H30N6O6S. The van der Waals surface area contributed by atoms with Crippen molar-refractivity contribution in [1.29, 1.82) is 0 Å². The molecule has 10 N–H and O–H groups in total. The molecule has 0 rings (SSSR count). The number of carboxylic acid groups (broad SMARTS) is 1. The van der Waals surface area contributed by atoms with E-state index in [1.165, 1.54) is 0 Å². The van der Waals surface area contributed by atoms with Gasteiger partial charge < -0.3 is 38.3 Å². The van der Waals surface area contributed by atoms with Crippen LogP contribution in [0.2, 0.25) is 0 Å². The number of unbranched alkanes of at least 4 members (excludes halogenated alkanes) is 1. The van der Waals surface area contributed by atoms with Gasteiger partial charge in [-0.1, -0.05) is 0 Å². The fourth-order valence-corrected chi connectivity index (χ4v) is 2.44. The lowest BCUT2D eigenvalue weighted by molar-refractivity contribution is -0.142. The number of nitrogens with two attached hydrogens (primary N) is 3. The number of carbonyl (C=O) groups excluding carboxylic acids is 4. The molecule has 29 heavy (non-hydrogen) atoms. The second-order valence-electron chi connectivity index (χ2n) is 6.32. The number of thiol groups is 1. The molecule has 4 amide bonds. The van der Waals surface area contributed by atoms with Crippen LogP contribution in [0.3, 0.4) is 0 Å². The number of rotatable bonds is 15. The van der Waals surface area contributed by atoms with Crippen LogP contribution < -0.4 is 33.2 Å². The smallest absolute Gasteiger partial charge is 0.326 e. The highest BCUT2D eigenvalue weighted by molar-refractivity contribution is 7.80. The zero-order valence-corrected chi connectivity index (χ0v) is 17.0. The Hall–Kier alpha value is -2.38. The van der Waals surface area contributed by atoms with Crippen LogP contribution in [0.1, 0.15) is 32.1 Å². The Kier molecular flexibility index (Phi) is 13.4. The Labute approximate surface area is 174 Å². The van der Waals surface area contributed by atoms with Crippen molar-refractivity contribution in [1.82, 2.24) is 16.0 Å². The molecule has 0 aromatic rings. The van der Waals surface area contributed by atoms with E-state index in [-0.39, 0.29) is 25.0 Å². The highest BCUT2D eigenvalue weighted by Gasteiger charge is 2.24. The Morgan fingerprint density at radius 3 is 2.14 bits per heavy atom. The Balaban J connectivity index is 4.51. The summed E-state index contributed by atoms with van der Waals surface area (Å²) < 4.78 is 0. The van der Waals surface area contributed by atoms with Gasteiger partial charge in [0.05, 0.1) is 12.6 Å². The predicted molar refractivity (Wildman–Crippen MR) is 108 cm³/mol. The van der Waals surface area contributed by atoms with Crippen molar-refractivity contribution in [3.05, 3.63) is 0 Å². The van der Waals surface area contributed by atoms with Crippen molar-refractivity contribution in [3.8, 4) is 0 Å². The van der Waals surface area contributed by atoms with E-state index in [2.05, 4.69) is 28.6 Å². The molecule has 0 heterocycles. The molecule has 12 nitrogen and oxygen atoms in total. The third-order valence-electron chi connectivity index (χ3n) is 3.86. The summed E-state index contributed by atoms with van der Waals surface area (Å²) in [6.07, 6.45) is 1.31. The van der Waals surface area contributed by atoms with Crippen LogP contribution in [0.5, 0.6) is 0 Å². The van der Waals surface area contributed by atoms with Gasteiger partial charge in [-0.2, -0.15) is 12.6 Å². The van der Waals surface area contributed by atoms with Crippen molar-refractivity contribution >= 4 is 42.2 Å². The molecule has 0 saturated carbocycles. The first-order valence-corrected chi connectivity index (χ1v) is 9.70. The molecule has 0 aliphatic rings. The van der Waals surface area contributed by atoms with E-state index in [1.54, 1.807) is 0 Å². The molecule has 0 radical (unpaired) electrons. The third kappa shape index (κ3) is 11.9. The first-order chi connectivity index (χ1) is 13.6. The summed E-state index contributed by atoms with van der Waals surface area (Å²) in [6.45, 7) is -0.0628. The third-order valence-corrected chi connectivity index (χ3v) is 4.22. The highest BCUT2D eigenvalue weighted by Crippen LogP contribution is 2.01. The molecule has 0 bridgehead atoms. The number of primary amides is 1. The van der Waals surface area contributed by atoms with Gasteiger partial charge in [-0.25, -0.2) is 4.79 Å². The van der Waals surface area contributed by atoms with E-state index in [1.807, 2.05) is 0 Å². The van der Waals surface area contributed by atoms with Gasteiger partial charge in [-0.05, 0) is 32.2 Å². The number of carboxylic acids is 1. The molecule has 0 saturated heterocycles. The maximum Gasteiger partial charge on any atom is 0.326 e. The molecule has 0 spiro atoms. The lowest BCUT2D eigenvalue weighted by Crippen LogP contribution is -2.54. The first-order valence-electron chi connectivity index (χ1n) is 9.07. The normalized spacial score (nSPS) is 13.6. The largest absolute Gasteiger partial charge is 0.480 e. The summed E-state index contributed by atoms with van der Waals surface area (Å²) >= 11 is 3.98. The predicted octanol–water partition coefficient (Wildman–Crippen LogP) is -3.19. The van der Waals surface area contributed by atoms with Crippen molar-refractivity contribution in [2.45, 2.75) is 50.2 Å². The minimum absolute atomic E-state index is 0.0191. The molecule has 13 heteroatoms. The summed E-state index contributed by atoms with van der Waals surface area (Å²) in [4.78, 5) is 57.9. The van der Waals surface area contributed by atoms with Crippen LogP contribution >= 0.6 is 12.6 Å². The number of aliphatic carboxylic acids is 1. The monoisotopic (exact) mass is 434 g/mol. The van der Waals surface area contributed by atoms with Gasteiger partial charge in [0.25, 0.3) is 0 Å². The van der Waals surface area contributed by atoms with Gasteiger partial charge in [0, 0.05) is 12.2 Å². The number of hydrogen-bond acceptors (Lipinski definition) is 8. The Morgan fingerprint density at radius 1 is 0.966 bits per heavy atom. The lowest BCUT2D eigenvalue weighted by Gasteiger charge is -2.19. The minimum atomic E-state index is -1.19. The number of hydrogen-bond donors (Lipinski definition) is 8. The minimum Gasteiger partial charge on any atom is -0.480 e. The molecule has 0 aliphatic carbocycles. The average Bonchev–Trinajstić information content (AvgIpc) is 2.67. The zero-order valence-electron chi connectivity index (χ0n) is 16.1. The quantitative estimate of drug-likeness (QED) is 0.0966. The number of amides is 4. The van der Waals surface area contributed by atoms with Crippen LogP contribution in [0.4, 0.5) is 0 Å². The van der Waals surface area contributed by atoms with Crippen LogP contribution in [0.25, 0.3) is 0 Å². The maximum atomic E-state index is 12.1. The average molecular weight is 435 g/mol. The zero-order chi connectivity index (χ0) is 22.4. The van der Waals surface area contributed by atoms with Crippen molar-refractivity contribution in [2.24, 2.45) is 17.2 Å². The van der Waals surface area contributed by atoms with E-state index in [4.69, 9.17) is 22.3 Å². The lowest BCUT2D eigenvalue weighted by atomic mass is 10.1. The van der Waals surface area contributed by atoms with Crippen molar-refractivity contribution in [2.75, 3.05) is 18.8 Å². The van der Waals surface area contributed by atoms with Gasteiger partial charge in [0.2, 0.25) is 23.6 Å². The molecule has 0 aliphatic heterocycles. The van der Waals surface area contributed by atoms with E-state index in [0.717, 1.165) is 0 Å². The molecule has 3 unspecified atom stereocenters. The van der Waals surface area contributed by atoms with E-state index >= 15 is 0 Å². The second-order valence-corrected chi connectivity index (χ2v) is 6.68. The van der Waals surface area contributed by atoms with Gasteiger partial charge in [-0.3, -0.25) is 19.2 Å². The fourth-order valence-electron chi connectivity index (χ4n) is 2.19. The maximum absolute atomic E-state index is 12.1. The van der Waals surface area contributed by atoms with Crippen LogP contribution in [-0.4, -0.2) is 71.7 Å². The topological polar surface area (TPSA) is 220 Å². The van der Waals surface area contributed by atoms with Gasteiger partial charge in [0.15, 0.2) is 0 Å². The van der Waals surface area contributed by atoms with Crippen LogP contribution in [0.15, 0.2) is 0 Å². The van der Waals surface area contributed by atoms with E-state index in [9.17, 15) is 24.0 Å². The second kappa shape index (κ2) is 14.6. The highest BCUT2D eigenvalue weighted by atomic mass is 32.1. The Bertz CT molecular complexity index is 590. The molecule has 3 atom stereocenters. The molecule has 0 aromatic carbocycles. The summed E-state index contributed by atoms with van der Waals surface area (Å²) in [5.74, 6) is -3.92. The van der Waals surface area contributed by atoms with Gasteiger partial charge in [0.1, 0.15) is 12.1 Å². The fraction of sp³-hybridized carbons (Fsp3) is 0.688. The molecular weight excluding hydrogens is 404 g/mol. The Morgan fingerprint density at radius 2 is 1.62 bits per heavy atom. The number of nitrogens with one attached hydrogen (secondary N) is 3. The van der Waals surface area contributed by atoms with Gasteiger partial charge >= 0.3 is 5.97 Å². The summed E-state index contributed by atoms with van der Waals surface area (Å²) in [6, 6.07) is -3.20. The summed E-state index contributed by atoms with van der Waals surface area (Å²) in [5.41, 5.74) is 16.0. The van der Waals surface area contributed by atoms with Crippen LogP contribution in [-0.2, 0) is 24.0 Å². The molecule has 166 valence electrons. The molecule has 0 fully saturated rings. The van der Waals surface area contributed by atoms with E-state index < -0.39 is 54.3 Å². The SMILES string of the molecule is NCCCCC(NC(=O)CNC(=O)C(CS)NC(=O)C(N)CCC(N)=O)C(=O)O. The first kappa shape index (κ1) is 26.6. The summed E-state index contributed by atoms with van der Waals surface area (Å²) in [5, 5.41) is 16.1.